The summed E-state index contributed by atoms with van der Waals surface area (Å²) < 4.78 is 5.46. The number of imidazole rings is 1. The number of aromatic nitrogens is 3. The van der Waals surface area contributed by atoms with Crippen molar-refractivity contribution in [2.24, 2.45) is 0 Å². The van der Waals surface area contributed by atoms with Gasteiger partial charge in [-0.3, -0.25) is 4.98 Å². The summed E-state index contributed by atoms with van der Waals surface area (Å²) in [6, 6.07) is 12.2. The van der Waals surface area contributed by atoms with Gasteiger partial charge < -0.3 is 9.72 Å². The number of H-pyrrole nitrogens is 1. The third kappa shape index (κ3) is 1.82. The number of ether oxygens (including phenoxy) is 1. The van der Waals surface area contributed by atoms with Crippen LogP contribution in [0.2, 0.25) is 0 Å². The summed E-state index contributed by atoms with van der Waals surface area (Å²) in [7, 11) is 0. The molecule has 1 N–H and O–H groups in total. The van der Waals surface area contributed by atoms with Crippen molar-refractivity contribution in [2.45, 2.75) is 13.2 Å². The Morgan fingerprint density at radius 2 is 1.95 bits per heavy atom. The molecule has 3 aromatic rings. The summed E-state index contributed by atoms with van der Waals surface area (Å²) in [4.78, 5) is 12.0. The van der Waals surface area contributed by atoms with Crippen LogP contribution in [0.1, 0.15) is 11.1 Å². The Kier molecular flexibility index (Phi) is 2.60. The monoisotopic (exact) mass is 263 g/mol. The lowest BCUT2D eigenvalue weighted by molar-refractivity contribution is 0.134. The molecule has 2 aromatic heterocycles. The van der Waals surface area contributed by atoms with E-state index in [2.05, 4.69) is 33.2 Å². The van der Waals surface area contributed by atoms with Crippen molar-refractivity contribution in [3.05, 3.63) is 60.0 Å². The summed E-state index contributed by atoms with van der Waals surface area (Å²) in [6.07, 6.45) is 3.50. The zero-order chi connectivity index (χ0) is 13.4. The molecule has 0 atom stereocenters. The number of rotatable bonds is 2. The quantitative estimate of drug-likeness (QED) is 0.772. The molecule has 1 aliphatic heterocycles. The number of pyridine rings is 1. The van der Waals surface area contributed by atoms with Gasteiger partial charge in [-0.1, -0.05) is 18.2 Å². The van der Waals surface area contributed by atoms with Crippen molar-refractivity contribution in [1.82, 2.24) is 15.0 Å². The van der Waals surface area contributed by atoms with Gasteiger partial charge in [-0.05, 0) is 29.3 Å². The van der Waals surface area contributed by atoms with Crippen LogP contribution in [0.5, 0.6) is 0 Å². The fraction of sp³-hybridized carbons (Fsp3) is 0.125. The third-order valence-corrected chi connectivity index (χ3v) is 3.56. The highest BCUT2D eigenvalue weighted by Crippen LogP contribution is 2.30. The van der Waals surface area contributed by atoms with E-state index in [1.54, 1.807) is 12.5 Å². The summed E-state index contributed by atoms with van der Waals surface area (Å²) in [5.41, 5.74) is 6.39. The van der Waals surface area contributed by atoms with E-state index in [1.165, 1.54) is 11.1 Å². The van der Waals surface area contributed by atoms with Gasteiger partial charge in [-0.2, -0.15) is 0 Å². The second-order valence-corrected chi connectivity index (χ2v) is 4.82. The van der Waals surface area contributed by atoms with E-state index < -0.39 is 0 Å². The van der Waals surface area contributed by atoms with Crippen LogP contribution < -0.4 is 0 Å². The molecule has 0 saturated heterocycles. The molecule has 1 aromatic carbocycles. The molecule has 0 aliphatic carbocycles. The van der Waals surface area contributed by atoms with E-state index in [0.717, 1.165) is 22.6 Å². The highest BCUT2D eigenvalue weighted by atomic mass is 16.5. The van der Waals surface area contributed by atoms with E-state index in [0.29, 0.717) is 13.2 Å². The number of nitrogens with zero attached hydrogens (tertiary/aromatic N) is 2. The molecule has 0 radical (unpaired) electrons. The van der Waals surface area contributed by atoms with Crippen LogP contribution in [0, 0.1) is 0 Å². The first-order valence-electron chi connectivity index (χ1n) is 6.56. The minimum atomic E-state index is 0.687. The van der Waals surface area contributed by atoms with Crippen molar-refractivity contribution in [2.75, 3.05) is 0 Å². The average molecular weight is 263 g/mol. The lowest BCUT2D eigenvalue weighted by Crippen LogP contribution is -1.89. The Balaban J connectivity index is 1.82. The zero-order valence-electron chi connectivity index (χ0n) is 10.8. The molecular weight excluding hydrogens is 250 g/mol. The van der Waals surface area contributed by atoms with Crippen LogP contribution in [-0.4, -0.2) is 15.0 Å². The molecule has 1 aliphatic rings. The summed E-state index contributed by atoms with van der Waals surface area (Å²) in [5, 5.41) is 0. The molecule has 4 heteroatoms. The van der Waals surface area contributed by atoms with Gasteiger partial charge in [0.25, 0.3) is 0 Å². The van der Waals surface area contributed by atoms with E-state index >= 15 is 0 Å². The van der Waals surface area contributed by atoms with Gasteiger partial charge in [0, 0.05) is 11.8 Å². The normalized spacial score (nSPS) is 13.4. The maximum absolute atomic E-state index is 5.46. The summed E-state index contributed by atoms with van der Waals surface area (Å²) >= 11 is 0. The minimum Gasteiger partial charge on any atom is -0.372 e. The zero-order valence-corrected chi connectivity index (χ0v) is 10.8. The van der Waals surface area contributed by atoms with E-state index in [4.69, 9.17) is 4.74 Å². The number of hydrogen-bond acceptors (Lipinski definition) is 3. The largest absolute Gasteiger partial charge is 0.372 e. The van der Waals surface area contributed by atoms with Crippen LogP contribution in [0.4, 0.5) is 0 Å². The predicted octanol–water partition coefficient (Wildman–Crippen LogP) is 3.17. The lowest BCUT2D eigenvalue weighted by Gasteiger charge is -2.04. The van der Waals surface area contributed by atoms with Crippen LogP contribution in [-0.2, 0) is 18.0 Å². The molecule has 4 nitrogen and oxygen atoms in total. The first-order chi connectivity index (χ1) is 9.92. The fourth-order valence-corrected chi connectivity index (χ4v) is 2.54. The molecule has 98 valence electrons. The topological polar surface area (TPSA) is 50.8 Å². The van der Waals surface area contributed by atoms with Crippen molar-refractivity contribution in [3.8, 4) is 22.6 Å². The van der Waals surface area contributed by atoms with Gasteiger partial charge in [0.2, 0.25) is 0 Å². The van der Waals surface area contributed by atoms with Crippen molar-refractivity contribution < 1.29 is 4.74 Å². The molecule has 0 bridgehead atoms. The Bertz CT molecular complexity index is 749. The molecule has 0 spiro atoms. The summed E-state index contributed by atoms with van der Waals surface area (Å²) in [5.74, 6) is 0. The van der Waals surface area contributed by atoms with Crippen molar-refractivity contribution >= 4 is 0 Å². The average Bonchev–Trinajstić information content (AvgIpc) is 3.16. The second kappa shape index (κ2) is 4.58. The fourth-order valence-electron chi connectivity index (χ4n) is 2.54. The minimum absolute atomic E-state index is 0.687. The van der Waals surface area contributed by atoms with Crippen LogP contribution in [0.3, 0.4) is 0 Å². The maximum Gasteiger partial charge on any atom is 0.0977 e. The molecule has 20 heavy (non-hydrogen) atoms. The van der Waals surface area contributed by atoms with Crippen molar-refractivity contribution in [1.29, 1.82) is 0 Å². The first-order valence-corrected chi connectivity index (χ1v) is 6.56. The Morgan fingerprint density at radius 3 is 2.85 bits per heavy atom. The predicted molar refractivity (Wildman–Crippen MR) is 75.7 cm³/mol. The smallest absolute Gasteiger partial charge is 0.0977 e. The van der Waals surface area contributed by atoms with E-state index in [1.807, 2.05) is 18.2 Å². The SMILES string of the molecule is c1ccc(-c2[nH]cnc2-c2ccc3c(c2)COC3)nc1. The third-order valence-electron chi connectivity index (χ3n) is 3.56. The van der Waals surface area contributed by atoms with Gasteiger partial charge in [-0.15, -0.1) is 0 Å². The van der Waals surface area contributed by atoms with Gasteiger partial charge in [0.05, 0.1) is 36.6 Å². The first kappa shape index (κ1) is 11.4. The van der Waals surface area contributed by atoms with E-state index in [-0.39, 0.29) is 0 Å². The second-order valence-electron chi connectivity index (χ2n) is 4.82. The standard InChI is InChI=1S/C16H13N3O/c1-2-6-17-14(3-1)16-15(18-10-19-16)11-4-5-12-8-20-9-13(12)7-11/h1-7,10H,8-9H2,(H,18,19). The van der Waals surface area contributed by atoms with Gasteiger partial charge in [-0.25, -0.2) is 4.98 Å². The Labute approximate surface area is 116 Å². The molecule has 0 amide bonds. The number of hydrogen-bond donors (Lipinski definition) is 1. The van der Waals surface area contributed by atoms with Crippen LogP contribution >= 0.6 is 0 Å². The lowest BCUT2D eigenvalue weighted by atomic mass is 10.0. The highest BCUT2D eigenvalue weighted by Gasteiger charge is 2.15. The summed E-state index contributed by atoms with van der Waals surface area (Å²) in [6.45, 7) is 1.40. The molecule has 4 rings (SSSR count). The molecule has 0 fully saturated rings. The number of aromatic amines is 1. The Hall–Kier alpha value is -2.46. The van der Waals surface area contributed by atoms with Gasteiger partial charge in [0.15, 0.2) is 0 Å². The van der Waals surface area contributed by atoms with Gasteiger partial charge in [0.1, 0.15) is 0 Å². The number of nitrogens with one attached hydrogen (secondary N) is 1. The highest BCUT2D eigenvalue weighted by molar-refractivity contribution is 5.76. The molecule has 3 heterocycles. The molecular formula is C16H13N3O. The van der Waals surface area contributed by atoms with Gasteiger partial charge >= 0.3 is 0 Å². The number of fused-ring (bicyclic) bond motifs is 1. The Morgan fingerprint density at radius 1 is 1.00 bits per heavy atom. The molecule has 0 saturated carbocycles. The number of benzene rings is 1. The van der Waals surface area contributed by atoms with E-state index in [9.17, 15) is 0 Å². The van der Waals surface area contributed by atoms with Crippen LogP contribution in [0.25, 0.3) is 22.6 Å². The molecule has 0 unspecified atom stereocenters. The maximum atomic E-state index is 5.46. The van der Waals surface area contributed by atoms with Crippen LogP contribution in [0.15, 0.2) is 48.9 Å². The van der Waals surface area contributed by atoms with Crippen molar-refractivity contribution in [3.63, 3.8) is 0 Å².